The SMILES string of the molecule is CC(C)(C)NCC1CC12CCC(C(C)(C)C)CC2. The normalized spacial score (nSPS) is 37.0. The van der Waals surface area contributed by atoms with Gasteiger partial charge in [-0.05, 0) is 82.1 Å². The maximum absolute atomic E-state index is 3.70. The summed E-state index contributed by atoms with van der Waals surface area (Å²) in [6.45, 7) is 15.3. The molecule has 2 fully saturated rings. The Bertz CT molecular complexity index is 284. The Kier molecular flexibility index (Phi) is 3.60. The monoisotopic (exact) mass is 251 g/mol. The van der Waals surface area contributed by atoms with E-state index in [1.807, 2.05) is 0 Å². The highest BCUT2D eigenvalue weighted by molar-refractivity contribution is 5.06. The van der Waals surface area contributed by atoms with Gasteiger partial charge in [0.15, 0.2) is 0 Å². The van der Waals surface area contributed by atoms with Crippen LogP contribution in [0.25, 0.3) is 0 Å². The van der Waals surface area contributed by atoms with Crippen LogP contribution in [0.3, 0.4) is 0 Å². The zero-order valence-electron chi connectivity index (χ0n) is 13.4. The Morgan fingerprint density at radius 3 is 2.00 bits per heavy atom. The topological polar surface area (TPSA) is 12.0 Å². The van der Waals surface area contributed by atoms with Gasteiger partial charge in [0.05, 0.1) is 0 Å². The van der Waals surface area contributed by atoms with Gasteiger partial charge in [-0.25, -0.2) is 0 Å². The molecule has 1 unspecified atom stereocenters. The average Bonchev–Trinajstić information content (AvgIpc) is 2.87. The quantitative estimate of drug-likeness (QED) is 0.755. The molecule has 2 rings (SSSR count). The first-order valence-corrected chi connectivity index (χ1v) is 7.87. The summed E-state index contributed by atoms with van der Waals surface area (Å²) in [5.41, 5.74) is 1.56. The second-order valence-electron chi connectivity index (χ2n) is 9.03. The number of hydrogen-bond donors (Lipinski definition) is 1. The molecular weight excluding hydrogens is 218 g/mol. The van der Waals surface area contributed by atoms with Crippen molar-refractivity contribution in [1.82, 2.24) is 5.32 Å². The third kappa shape index (κ3) is 3.29. The Hall–Kier alpha value is -0.0400. The predicted octanol–water partition coefficient (Wildman–Crippen LogP) is 4.62. The van der Waals surface area contributed by atoms with E-state index in [1.165, 1.54) is 38.6 Å². The molecule has 0 bridgehead atoms. The molecule has 2 saturated carbocycles. The van der Waals surface area contributed by atoms with Crippen molar-refractivity contribution < 1.29 is 0 Å². The Morgan fingerprint density at radius 1 is 1.00 bits per heavy atom. The molecule has 1 N–H and O–H groups in total. The largest absolute Gasteiger partial charge is 0.312 e. The number of nitrogens with one attached hydrogen (secondary N) is 1. The molecule has 1 nitrogen and oxygen atoms in total. The molecule has 0 heterocycles. The van der Waals surface area contributed by atoms with Gasteiger partial charge in [0.2, 0.25) is 0 Å². The van der Waals surface area contributed by atoms with Gasteiger partial charge >= 0.3 is 0 Å². The second kappa shape index (κ2) is 4.51. The minimum absolute atomic E-state index is 0.284. The first-order valence-electron chi connectivity index (χ1n) is 7.87. The summed E-state index contributed by atoms with van der Waals surface area (Å²) in [6.07, 6.45) is 7.41. The molecule has 0 aromatic carbocycles. The van der Waals surface area contributed by atoms with Gasteiger partial charge in [0, 0.05) is 5.54 Å². The maximum atomic E-state index is 3.70. The minimum Gasteiger partial charge on any atom is -0.312 e. The van der Waals surface area contributed by atoms with Crippen molar-refractivity contribution >= 4 is 0 Å². The van der Waals surface area contributed by atoms with Crippen molar-refractivity contribution in [2.45, 2.75) is 79.2 Å². The summed E-state index contributed by atoms with van der Waals surface area (Å²) in [7, 11) is 0. The molecular formula is C17H33N. The molecule has 1 spiro atoms. The summed E-state index contributed by atoms with van der Waals surface area (Å²) in [5, 5.41) is 3.70. The summed E-state index contributed by atoms with van der Waals surface area (Å²) >= 11 is 0. The van der Waals surface area contributed by atoms with Crippen LogP contribution in [-0.4, -0.2) is 12.1 Å². The van der Waals surface area contributed by atoms with Gasteiger partial charge in [0.1, 0.15) is 0 Å². The van der Waals surface area contributed by atoms with Crippen LogP contribution >= 0.6 is 0 Å². The van der Waals surface area contributed by atoms with E-state index >= 15 is 0 Å². The van der Waals surface area contributed by atoms with Crippen molar-refractivity contribution in [3.05, 3.63) is 0 Å². The standard InChI is InChI=1S/C17H33N/c1-15(2,3)13-7-9-17(10-8-13)11-14(17)12-18-16(4,5)6/h13-14,18H,7-12H2,1-6H3. The minimum atomic E-state index is 0.284. The lowest BCUT2D eigenvalue weighted by Gasteiger charge is -2.38. The zero-order valence-corrected chi connectivity index (χ0v) is 13.4. The molecule has 0 aliphatic heterocycles. The van der Waals surface area contributed by atoms with Gasteiger partial charge in [-0.2, -0.15) is 0 Å². The van der Waals surface area contributed by atoms with E-state index < -0.39 is 0 Å². The van der Waals surface area contributed by atoms with E-state index in [0.29, 0.717) is 5.41 Å². The molecule has 1 heteroatoms. The summed E-state index contributed by atoms with van der Waals surface area (Å²) in [5.74, 6) is 1.93. The molecule has 106 valence electrons. The predicted molar refractivity (Wildman–Crippen MR) is 79.7 cm³/mol. The van der Waals surface area contributed by atoms with Crippen molar-refractivity contribution in [1.29, 1.82) is 0 Å². The van der Waals surface area contributed by atoms with E-state index in [1.54, 1.807) is 0 Å². The molecule has 0 saturated heterocycles. The van der Waals surface area contributed by atoms with Crippen molar-refractivity contribution in [3.8, 4) is 0 Å². The maximum Gasteiger partial charge on any atom is 0.00966 e. The van der Waals surface area contributed by atoms with Crippen molar-refractivity contribution in [2.75, 3.05) is 6.54 Å². The average molecular weight is 251 g/mol. The van der Waals surface area contributed by atoms with Crippen LogP contribution in [0.4, 0.5) is 0 Å². The van der Waals surface area contributed by atoms with Gasteiger partial charge < -0.3 is 5.32 Å². The van der Waals surface area contributed by atoms with Crippen LogP contribution in [0.5, 0.6) is 0 Å². The van der Waals surface area contributed by atoms with Crippen molar-refractivity contribution in [2.24, 2.45) is 22.7 Å². The third-order valence-electron chi connectivity index (χ3n) is 5.44. The summed E-state index contributed by atoms with van der Waals surface area (Å²) < 4.78 is 0. The fourth-order valence-electron chi connectivity index (χ4n) is 3.82. The Balaban J connectivity index is 1.78. The van der Waals surface area contributed by atoms with Crippen LogP contribution in [0, 0.1) is 22.7 Å². The van der Waals surface area contributed by atoms with Crippen LogP contribution < -0.4 is 5.32 Å². The fraction of sp³-hybridized carbons (Fsp3) is 1.00. The van der Waals surface area contributed by atoms with Crippen LogP contribution in [0.1, 0.15) is 73.6 Å². The van der Waals surface area contributed by atoms with Crippen LogP contribution in [0.2, 0.25) is 0 Å². The smallest absolute Gasteiger partial charge is 0.00966 e. The molecule has 1 atom stereocenters. The highest BCUT2D eigenvalue weighted by Crippen LogP contribution is 2.63. The van der Waals surface area contributed by atoms with Crippen molar-refractivity contribution in [3.63, 3.8) is 0 Å². The highest BCUT2D eigenvalue weighted by Gasteiger charge is 2.55. The lowest BCUT2D eigenvalue weighted by Crippen LogP contribution is -2.38. The van der Waals surface area contributed by atoms with E-state index in [0.717, 1.165) is 17.3 Å². The third-order valence-corrected chi connectivity index (χ3v) is 5.44. The summed E-state index contributed by atoms with van der Waals surface area (Å²) in [6, 6.07) is 0. The van der Waals surface area contributed by atoms with Crippen LogP contribution in [0.15, 0.2) is 0 Å². The van der Waals surface area contributed by atoms with Gasteiger partial charge in [-0.1, -0.05) is 20.8 Å². The first-order chi connectivity index (χ1) is 8.12. The molecule has 2 aliphatic rings. The Morgan fingerprint density at radius 2 is 1.56 bits per heavy atom. The zero-order chi connectivity index (χ0) is 13.6. The second-order valence-corrected chi connectivity index (χ2v) is 9.03. The first kappa shape index (κ1) is 14.4. The molecule has 0 aromatic heterocycles. The molecule has 2 aliphatic carbocycles. The molecule has 18 heavy (non-hydrogen) atoms. The molecule has 0 aromatic rings. The van der Waals surface area contributed by atoms with E-state index in [4.69, 9.17) is 0 Å². The molecule has 0 amide bonds. The van der Waals surface area contributed by atoms with Gasteiger partial charge in [-0.15, -0.1) is 0 Å². The van der Waals surface area contributed by atoms with Crippen LogP contribution in [-0.2, 0) is 0 Å². The van der Waals surface area contributed by atoms with Gasteiger partial charge in [0.25, 0.3) is 0 Å². The number of rotatable bonds is 2. The van der Waals surface area contributed by atoms with Gasteiger partial charge in [-0.3, -0.25) is 0 Å². The lowest BCUT2D eigenvalue weighted by atomic mass is 9.68. The lowest BCUT2D eigenvalue weighted by molar-refractivity contribution is 0.133. The number of hydrogen-bond acceptors (Lipinski definition) is 1. The van der Waals surface area contributed by atoms with E-state index in [2.05, 4.69) is 46.9 Å². The molecule has 0 radical (unpaired) electrons. The summed E-state index contributed by atoms with van der Waals surface area (Å²) in [4.78, 5) is 0. The highest BCUT2D eigenvalue weighted by atomic mass is 15.0. The van der Waals surface area contributed by atoms with E-state index in [9.17, 15) is 0 Å². The fourth-order valence-corrected chi connectivity index (χ4v) is 3.82. The Labute approximate surface area is 114 Å². The van der Waals surface area contributed by atoms with E-state index in [-0.39, 0.29) is 5.54 Å².